The van der Waals surface area contributed by atoms with Crippen LogP contribution in [0.25, 0.3) is 0 Å². The van der Waals surface area contributed by atoms with Crippen LogP contribution in [0.2, 0.25) is 5.02 Å². The summed E-state index contributed by atoms with van der Waals surface area (Å²) in [6, 6.07) is 5.61. The Bertz CT molecular complexity index is 386. The van der Waals surface area contributed by atoms with Gasteiger partial charge in [-0.25, -0.2) is 0 Å². The summed E-state index contributed by atoms with van der Waals surface area (Å²) in [4.78, 5) is 0. The normalized spacial score (nSPS) is 17.4. The standard InChI is InChI=1S/C13H17ClO3/c1-3-15-13(16-4-2)8-7-10-9-11(14)5-6-12(10)17-13/h5-6,9H,3-4,7-8H2,1-2H3. The van der Waals surface area contributed by atoms with Gasteiger partial charge in [-0.05, 0) is 44.0 Å². The third kappa shape index (κ3) is 2.73. The number of benzene rings is 1. The van der Waals surface area contributed by atoms with E-state index in [1.54, 1.807) is 0 Å². The van der Waals surface area contributed by atoms with Crippen LogP contribution >= 0.6 is 11.6 Å². The second-order valence-electron chi connectivity index (χ2n) is 3.90. The lowest BCUT2D eigenvalue weighted by Gasteiger charge is -2.37. The Kier molecular flexibility index (Phi) is 3.92. The number of aryl methyl sites for hydroxylation is 1. The predicted octanol–water partition coefficient (Wildman–Crippen LogP) is 3.39. The Morgan fingerprint density at radius 2 is 2.00 bits per heavy atom. The zero-order valence-electron chi connectivity index (χ0n) is 10.2. The smallest absolute Gasteiger partial charge is 0.327 e. The fraction of sp³-hybridized carbons (Fsp3) is 0.538. The SMILES string of the molecule is CCOC1(OCC)CCc2cc(Cl)ccc2O1. The van der Waals surface area contributed by atoms with E-state index in [4.69, 9.17) is 25.8 Å². The number of fused-ring (bicyclic) bond motifs is 1. The van der Waals surface area contributed by atoms with E-state index in [0.717, 1.165) is 22.8 Å². The third-order valence-corrected chi connectivity index (χ3v) is 2.95. The summed E-state index contributed by atoms with van der Waals surface area (Å²) >= 11 is 5.95. The molecule has 1 aliphatic heterocycles. The third-order valence-electron chi connectivity index (χ3n) is 2.72. The molecule has 0 radical (unpaired) electrons. The van der Waals surface area contributed by atoms with E-state index in [0.29, 0.717) is 19.6 Å². The monoisotopic (exact) mass is 256 g/mol. The average Bonchev–Trinajstić information content (AvgIpc) is 2.30. The molecular weight excluding hydrogens is 240 g/mol. The quantitative estimate of drug-likeness (QED) is 0.773. The van der Waals surface area contributed by atoms with Gasteiger partial charge in [-0.15, -0.1) is 0 Å². The molecule has 1 aliphatic rings. The zero-order chi connectivity index (χ0) is 12.3. The summed E-state index contributed by atoms with van der Waals surface area (Å²) in [5.74, 6) is -0.132. The molecule has 2 rings (SSSR count). The molecule has 0 atom stereocenters. The molecule has 0 aliphatic carbocycles. The van der Waals surface area contributed by atoms with Crippen molar-refractivity contribution in [2.75, 3.05) is 13.2 Å². The van der Waals surface area contributed by atoms with Crippen molar-refractivity contribution in [1.82, 2.24) is 0 Å². The van der Waals surface area contributed by atoms with Crippen LogP contribution in [-0.4, -0.2) is 19.2 Å². The molecule has 94 valence electrons. The highest BCUT2D eigenvalue weighted by atomic mass is 35.5. The lowest BCUT2D eigenvalue weighted by atomic mass is 10.0. The molecular formula is C13H17ClO3. The van der Waals surface area contributed by atoms with Crippen LogP contribution in [0.5, 0.6) is 5.75 Å². The van der Waals surface area contributed by atoms with Gasteiger partial charge < -0.3 is 14.2 Å². The maximum Gasteiger partial charge on any atom is 0.327 e. The minimum Gasteiger partial charge on any atom is -0.439 e. The zero-order valence-corrected chi connectivity index (χ0v) is 10.9. The fourth-order valence-corrected chi connectivity index (χ4v) is 2.23. The minimum atomic E-state index is -0.926. The molecule has 1 aromatic rings. The number of halogens is 1. The highest BCUT2D eigenvalue weighted by Gasteiger charge is 2.38. The number of ether oxygens (including phenoxy) is 3. The molecule has 0 fully saturated rings. The fourth-order valence-electron chi connectivity index (χ4n) is 2.03. The molecule has 1 aromatic carbocycles. The van der Waals surface area contributed by atoms with Gasteiger partial charge in [-0.3, -0.25) is 0 Å². The molecule has 0 aromatic heterocycles. The van der Waals surface area contributed by atoms with E-state index in [9.17, 15) is 0 Å². The van der Waals surface area contributed by atoms with E-state index in [1.807, 2.05) is 32.0 Å². The highest BCUT2D eigenvalue weighted by molar-refractivity contribution is 6.30. The summed E-state index contributed by atoms with van der Waals surface area (Å²) in [5, 5.41) is 0.729. The van der Waals surface area contributed by atoms with Gasteiger partial charge >= 0.3 is 5.97 Å². The Balaban J connectivity index is 2.23. The minimum absolute atomic E-state index is 0.558. The molecule has 0 saturated heterocycles. The van der Waals surface area contributed by atoms with Crippen LogP contribution < -0.4 is 4.74 Å². The first kappa shape index (κ1) is 12.7. The molecule has 0 bridgehead atoms. The van der Waals surface area contributed by atoms with Crippen molar-refractivity contribution in [2.45, 2.75) is 32.7 Å². The van der Waals surface area contributed by atoms with Crippen molar-refractivity contribution < 1.29 is 14.2 Å². The van der Waals surface area contributed by atoms with Gasteiger partial charge in [0.15, 0.2) is 0 Å². The largest absolute Gasteiger partial charge is 0.439 e. The molecule has 3 nitrogen and oxygen atoms in total. The number of hydrogen-bond acceptors (Lipinski definition) is 3. The van der Waals surface area contributed by atoms with Crippen molar-refractivity contribution in [3.05, 3.63) is 28.8 Å². The number of rotatable bonds is 4. The van der Waals surface area contributed by atoms with Crippen LogP contribution in [0.15, 0.2) is 18.2 Å². The second-order valence-corrected chi connectivity index (χ2v) is 4.34. The Labute approximate surface area is 107 Å². The summed E-state index contributed by atoms with van der Waals surface area (Å²) in [7, 11) is 0. The number of hydrogen-bond donors (Lipinski definition) is 0. The second kappa shape index (κ2) is 5.25. The first-order chi connectivity index (χ1) is 8.19. The maximum absolute atomic E-state index is 5.95. The first-order valence-electron chi connectivity index (χ1n) is 5.94. The van der Waals surface area contributed by atoms with Gasteiger partial charge in [-0.2, -0.15) is 0 Å². The van der Waals surface area contributed by atoms with Crippen molar-refractivity contribution in [3.8, 4) is 5.75 Å². The van der Waals surface area contributed by atoms with E-state index >= 15 is 0 Å². The molecule has 0 saturated carbocycles. The van der Waals surface area contributed by atoms with Crippen molar-refractivity contribution in [1.29, 1.82) is 0 Å². The molecule has 0 amide bonds. The molecule has 0 N–H and O–H groups in total. The van der Waals surface area contributed by atoms with Gasteiger partial charge in [-0.1, -0.05) is 11.6 Å². The average molecular weight is 257 g/mol. The van der Waals surface area contributed by atoms with Crippen molar-refractivity contribution >= 4 is 11.6 Å². The lowest BCUT2D eigenvalue weighted by molar-refractivity contribution is -0.347. The van der Waals surface area contributed by atoms with E-state index in [2.05, 4.69) is 0 Å². The molecule has 1 heterocycles. The van der Waals surface area contributed by atoms with Crippen LogP contribution in [0, 0.1) is 0 Å². The van der Waals surface area contributed by atoms with Gasteiger partial charge in [0.05, 0.1) is 13.2 Å². The summed E-state index contributed by atoms with van der Waals surface area (Å²) in [6.07, 6.45) is 1.53. The van der Waals surface area contributed by atoms with Crippen LogP contribution in [0.4, 0.5) is 0 Å². The molecule has 17 heavy (non-hydrogen) atoms. The summed E-state index contributed by atoms with van der Waals surface area (Å²) < 4.78 is 17.1. The van der Waals surface area contributed by atoms with Crippen molar-refractivity contribution in [3.63, 3.8) is 0 Å². The van der Waals surface area contributed by atoms with Gasteiger partial charge in [0.1, 0.15) is 5.75 Å². The topological polar surface area (TPSA) is 27.7 Å². The van der Waals surface area contributed by atoms with E-state index in [-0.39, 0.29) is 0 Å². The maximum atomic E-state index is 5.95. The Morgan fingerprint density at radius 1 is 1.29 bits per heavy atom. The highest BCUT2D eigenvalue weighted by Crippen LogP contribution is 2.36. The first-order valence-corrected chi connectivity index (χ1v) is 6.32. The van der Waals surface area contributed by atoms with Gasteiger partial charge in [0, 0.05) is 11.4 Å². The summed E-state index contributed by atoms with van der Waals surface area (Å²) in [5.41, 5.74) is 1.10. The predicted molar refractivity (Wildman–Crippen MR) is 66.4 cm³/mol. The van der Waals surface area contributed by atoms with E-state index in [1.165, 1.54) is 0 Å². The van der Waals surface area contributed by atoms with Crippen LogP contribution in [0.1, 0.15) is 25.8 Å². The Hall–Kier alpha value is -0.770. The van der Waals surface area contributed by atoms with E-state index < -0.39 is 5.97 Å². The van der Waals surface area contributed by atoms with Crippen molar-refractivity contribution in [2.24, 2.45) is 0 Å². The molecule has 0 spiro atoms. The molecule has 0 unspecified atom stereocenters. The molecule has 4 heteroatoms. The van der Waals surface area contributed by atoms with Gasteiger partial charge in [0.25, 0.3) is 0 Å². The Morgan fingerprint density at radius 3 is 2.65 bits per heavy atom. The van der Waals surface area contributed by atoms with Gasteiger partial charge in [0.2, 0.25) is 0 Å². The van der Waals surface area contributed by atoms with Crippen LogP contribution in [-0.2, 0) is 15.9 Å². The summed E-state index contributed by atoms with van der Waals surface area (Å²) in [6.45, 7) is 4.98. The van der Waals surface area contributed by atoms with Crippen LogP contribution in [0.3, 0.4) is 0 Å². The lowest BCUT2D eigenvalue weighted by Crippen LogP contribution is -2.45.